The molecule has 1 aromatic rings. The zero-order valence-corrected chi connectivity index (χ0v) is 14.5. The molecule has 4 heteroatoms. The van der Waals surface area contributed by atoms with Crippen LogP contribution >= 0.6 is 0 Å². The smallest absolute Gasteiger partial charge is 0.307 e. The summed E-state index contributed by atoms with van der Waals surface area (Å²) in [5, 5.41) is 0. The summed E-state index contributed by atoms with van der Waals surface area (Å²) in [6, 6.07) is 8.18. The van der Waals surface area contributed by atoms with E-state index in [1.54, 1.807) is 11.0 Å². The van der Waals surface area contributed by atoms with Gasteiger partial charge in [0.2, 0.25) is 5.91 Å². The Morgan fingerprint density at radius 3 is 2.35 bits per heavy atom. The second kappa shape index (κ2) is 9.82. The molecule has 0 aliphatic heterocycles. The van der Waals surface area contributed by atoms with Crippen LogP contribution in [0.4, 0.5) is 0 Å². The van der Waals surface area contributed by atoms with Crippen molar-refractivity contribution in [3.8, 4) is 0 Å². The summed E-state index contributed by atoms with van der Waals surface area (Å²) < 4.78 is 4.62. The van der Waals surface area contributed by atoms with Crippen molar-refractivity contribution >= 4 is 18.0 Å². The summed E-state index contributed by atoms with van der Waals surface area (Å²) >= 11 is 0. The summed E-state index contributed by atoms with van der Waals surface area (Å²) in [6.07, 6.45) is 4.45. The van der Waals surface area contributed by atoms with Gasteiger partial charge in [-0.1, -0.05) is 45.0 Å². The van der Waals surface area contributed by atoms with Crippen LogP contribution in [0, 0.1) is 0 Å². The number of esters is 1. The van der Waals surface area contributed by atoms with E-state index in [2.05, 4.69) is 30.7 Å². The first-order valence-corrected chi connectivity index (χ1v) is 8.11. The number of hydrogen-bond donors (Lipinski definition) is 0. The number of rotatable bonds is 8. The van der Waals surface area contributed by atoms with Crippen LogP contribution in [0.3, 0.4) is 0 Å². The molecule has 0 saturated carbocycles. The first-order valence-electron chi connectivity index (χ1n) is 8.11. The maximum Gasteiger partial charge on any atom is 0.307 e. The van der Waals surface area contributed by atoms with Crippen LogP contribution in [-0.4, -0.2) is 37.0 Å². The number of carbonyl (C=O) groups is 2. The van der Waals surface area contributed by atoms with Crippen LogP contribution in [0.5, 0.6) is 0 Å². The lowest BCUT2D eigenvalue weighted by Gasteiger charge is -2.19. The number of nitrogens with zero attached hydrogens (tertiary/aromatic N) is 1. The highest BCUT2D eigenvalue weighted by Gasteiger charge is 2.11. The molecular weight excluding hydrogens is 290 g/mol. The van der Waals surface area contributed by atoms with Gasteiger partial charge in [0.25, 0.3) is 0 Å². The highest BCUT2D eigenvalue weighted by Crippen LogP contribution is 2.15. The number of ether oxygens (including phenoxy) is 1. The predicted molar refractivity (Wildman–Crippen MR) is 93.1 cm³/mol. The minimum Gasteiger partial charge on any atom is -0.469 e. The van der Waals surface area contributed by atoms with E-state index in [1.807, 2.05) is 25.1 Å². The second-order valence-corrected chi connectivity index (χ2v) is 5.81. The molecule has 4 nitrogen and oxygen atoms in total. The third-order valence-corrected chi connectivity index (χ3v) is 3.64. The molecule has 1 rings (SSSR count). The van der Waals surface area contributed by atoms with Crippen molar-refractivity contribution < 1.29 is 14.3 Å². The second-order valence-electron chi connectivity index (χ2n) is 5.81. The number of carbonyl (C=O) groups excluding carboxylic acids is 2. The molecule has 0 bridgehead atoms. The Bertz CT molecular complexity index is 532. The van der Waals surface area contributed by atoms with Crippen molar-refractivity contribution in [3.05, 3.63) is 41.5 Å². The van der Waals surface area contributed by atoms with Crippen LogP contribution in [0.15, 0.2) is 30.3 Å². The Balaban J connectivity index is 2.67. The minimum atomic E-state index is -0.299. The third kappa shape index (κ3) is 6.68. The average Bonchev–Trinajstić information content (AvgIpc) is 2.56. The van der Waals surface area contributed by atoms with Gasteiger partial charge in [-0.05, 0) is 29.5 Å². The normalized spacial score (nSPS) is 11.0. The average molecular weight is 317 g/mol. The van der Waals surface area contributed by atoms with Gasteiger partial charge < -0.3 is 9.64 Å². The molecule has 126 valence electrons. The summed E-state index contributed by atoms with van der Waals surface area (Å²) in [7, 11) is 1.36. The Morgan fingerprint density at radius 1 is 1.17 bits per heavy atom. The lowest BCUT2D eigenvalue weighted by Crippen LogP contribution is -2.32. The van der Waals surface area contributed by atoms with E-state index in [9.17, 15) is 9.59 Å². The number of amides is 1. The van der Waals surface area contributed by atoms with E-state index in [1.165, 1.54) is 12.7 Å². The van der Waals surface area contributed by atoms with E-state index in [0.29, 0.717) is 19.0 Å². The molecule has 1 amide bonds. The van der Waals surface area contributed by atoms with Gasteiger partial charge in [0.15, 0.2) is 0 Å². The molecule has 0 heterocycles. The zero-order chi connectivity index (χ0) is 17.2. The van der Waals surface area contributed by atoms with Gasteiger partial charge >= 0.3 is 5.97 Å². The molecule has 0 fully saturated rings. The van der Waals surface area contributed by atoms with Crippen molar-refractivity contribution in [2.75, 3.05) is 20.2 Å². The molecule has 0 aromatic heterocycles. The van der Waals surface area contributed by atoms with E-state index in [0.717, 1.165) is 12.0 Å². The van der Waals surface area contributed by atoms with Crippen LogP contribution in [0.25, 0.3) is 6.08 Å². The van der Waals surface area contributed by atoms with Gasteiger partial charge in [-0.2, -0.15) is 0 Å². The van der Waals surface area contributed by atoms with Crippen molar-refractivity contribution in [1.82, 2.24) is 4.90 Å². The lowest BCUT2D eigenvalue weighted by atomic mass is 10.0. The maximum atomic E-state index is 12.3. The molecule has 0 radical (unpaired) electrons. The lowest BCUT2D eigenvalue weighted by molar-refractivity contribution is -0.141. The SMILES string of the molecule is CCCN(CCC(=O)OC)C(=O)/C=C/c1ccc(C(C)C)cc1. The van der Waals surface area contributed by atoms with Crippen molar-refractivity contribution in [1.29, 1.82) is 0 Å². The fourth-order valence-electron chi connectivity index (χ4n) is 2.20. The van der Waals surface area contributed by atoms with Crippen LogP contribution in [-0.2, 0) is 14.3 Å². The van der Waals surface area contributed by atoms with Gasteiger partial charge in [-0.15, -0.1) is 0 Å². The van der Waals surface area contributed by atoms with E-state index >= 15 is 0 Å². The summed E-state index contributed by atoms with van der Waals surface area (Å²) in [6.45, 7) is 7.33. The highest BCUT2D eigenvalue weighted by atomic mass is 16.5. The zero-order valence-electron chi connectivity index (χ0n) is 14.5. The van der Waals surface area contributed by atoms with E-state index in [-0.39, 0.29) is 18.3 Å². The van der Waals surface area contributed by atoms with E-state index < -0.39 is 0 Å². The van der Waals surface area contributed by atoms with Gasteiger partial charge in [0.05, 0.1) is 13.5 Å². The van der Waals surface area contributed by atoms with Gasteiger partial charge in [-0.3, -0.25) is 9.59 Å². The predicted octanol–water partition coefficient (Wildman–Crippen LogP) is 3.62. The van der Waals surface area contributed by atoms with Crippen LogP contribution < -0.4 is 0 Å². The minimum absolute atomic E-state index is 0.0799. The number of hydrogen-bond acceptors (Lipinski definition) is 3. The molecule has 0 aliphatic rings. The molecule has 0 N–H and O–H groups in total. The monoisotopic (exact) mass is 317 g/mol. The molecule has 0 unspecified atom stereocenters. The molecule has 23 heavy (non-hydrogen) atoms. The fraction of sp³-hybridized carbons (Fsp3) is 0.474. The van der Waals surface area contributed by atoms with Gasteiger partial charge in [0.1, 0.15) is 0 Å². The van der Waals surface area contributed by atoms with Crippen LogP contribution in [0.2, 0.25) is 0 Å². The van der Waals surface area contributed by atoms with Gasteiger partial charge in [0, 0.05) is 19.2 Å². The van der Waals surface area contributed by atoms with E-state index in [4.69, 9.17) is 0 Å². The Labute approximate surface area is 139 Å². The van der Waals surface area contributed by atoms with Crippen molar-refractivity contribution in [3.63, 3.8) is 0 Å². The number of benzene rings is 1. The highest BCUT2D eigenvalue weighted by molar-refractivity contribution is 5.92. The number of methoxy groups -OCH3 is 1. The quantitative estimate of drug-likeness (QED) is 0.543. The van der Waals surface area contributed by atoms with Crippen molar-refractivity contribution in [2.45, 2.75) is 39.5 Å². The molecule has 0 aliphatic carbocycles. The third-order valence-electron chi connectivity index (χ3n) is 3.64. The summed E-state index contributed by atoms with van der Waals surface area (Å²) in [4.78, 5) is 25.2. The Morgan fingerprint density at radius 2 is 1.83 bits per heavy atom. The summed E-state index contributed by atoms with van der Waals surface area (Å²) in [5.74, 6) is 0.115. The van der Waals surface area contributed by atoms with Gasteiger partial charge in [-0.25, -0.2) is 0 Å². The molecule has 0 spiro atoms. The molecular formula is C19H27NO3. The maximum absolute atomic E-state index is 12.3. The topological polar surface area (TPSA) is 46.6 Å². The standard InChI is InChI=1S/C19H27NO3/c1-5-13-20(14-12-19(22)23-4)18(21)11-8-16-6-9-17(10-7-16)15(2)3/h6-11,15H,5,12-14H2,1-4H3/b11-8+. The first-order chi connectivity index (χ1) is 11.0. The molecule has 0 saturated heterocycles. The molecule has 1 aromatic carbocycles. The summed E-state index contributed by atoms with van der Waals surface area (Å²) in [5.41, 5.74) is 2.27. The Hall–Kier alpha value is -2.10. The fourth-order valence-corrected chi connectivity index (χ4v) is 2.20. The largest absolute Gasteiger partial charge is 0.469 e. The van der Waals surface area contributed by atoms with Crippen molar-refractivity contribution in [2.24, 2.45) is 0 Å². The Kier molecular flexibility index (Phi) is 8.09. The first kappa shape index (κ1) is 18.9. The molecule has 0 atom stereocenters. The van der Waals surface area contributed by atoms with Crippen LogP contribution in [0.1, 0.15) is 50.7 Å².